The van der Waals surface area contributed by atoms with Crippen LogP contribution in [0, 0.1) is 0 Å². The first-order valence-electron chi connectivity index (χ1n) is 6.58. The van der Waals surface area contributed by atoms with Crippen LogP contribution in [0.2, 0.25) is 5.02 Å². The number of aliphatic hydroxyl groups excluding tert-OH is 1. The van der Waals surface area contributed by atoms with Crippen molar-refractivity contribution in [3.8, 4) is 0 Å². The molecule has 1 aliphatic rings. The van der Waals surface area contributed by atoms with Crippen LogP contribution in [0.25, 0.3) is 0 Å². The summed E-state index contributed by atoms with van der Waals surface area (Å²) in [7, 11) is 1.90. The number of benzene rings is 1. The van der Waals surface area contributed by atoms with Crippen molar-refractivity contribution in [3.63, 3.8) is 0 Å². The number of anilines is 1. The molecule has 2 rings (SSSR count). The molecule has 0 aromatic heterocycles. The minimum absolute atomic E-state index is 0.0480. The summed E-state index contributed by atoms with van der Waals surface area (Å²) in [6.45, 7) is 4.34. The standard InChI is InChI=1S/C14H21ClN2O2/c1-10-7-17(8-13(9-18)19-10)12-4-3-11(6-16-2)14(15)5-12/h3-5,10,13,16,18H,6-9H2,1-2H3. The molecule has 4 nitrogen and oxygen atoms in total. The Bertz CT molecular complexity index is 428. The molecular formula is C14H21ClN2O2. The molecule has 2 atom stereocenters. The first kappa shape index (κ1) is 14.6. The molecule has 0 amide bonds. The van der Waals surface area contributed by atoms with E-state index in [4.69, 9.17) is 16.3 Å². The van der Waals surface area contributed by atoms with Crippen LogP contribution < -0.4 is 10.2 Å². The van der Waals surface area contributed by atoms with Crippen molar-refractivity contribution in [2.75, 3.05) is 31.6 Å². The van der Waals surface area contributed by atoms with Crippen molar-refractivity contribution < 1.29 is 9.84 Å². The van der Waals surface area contributed by atoms with Gasteiger partial charge in [-0.15, -0.1) is 0 Å². The van der Waals surface area contributed by atoms with E-state index in [9.17, 15) is 5.11 Å². The zero-order valence-electron chi connectivity index (χ0n) is 11.4. The summed E-state index contributed by atoms with van der Waals surface area (Å²) in [4.78, 5) is 2.21. The fourth-order valence-corrected chi connectivity index (χ4v) is 2.67. The number of ether oxygens (including phenoxy) is 1. The molecule has 106 valence electrons. The van der Waals surface area contributed by atoms with E-state index in [1.54, 1.807) is 0 Å². The first-order chi connectivity index (χ1) is 9.13. The Hall–Kier alpha value is -0.810. The second-order valence-electron chi connectivity index (χ2n) is 4.96. The van der Waals surface area contributed by atoms with Gasteiger partial charge in [-0.05, 0) is 31.7 Å². The second kappa shape index (κ2) is 6.57. The van der Waals surface area contributed by atoms with Gasteiger partial charge in [0.1, 0.15) is 0 Å². The van der Waals surface area contributed by atoms with E-state index in [2.05, 4.69) is 16.3 Å². The van der Waals surface area contributed by atoms with Crippen LogP contribution in [0.5, 0.6) is 0 Å². The van der Waals surface area contributed by atoms with Crippen molar-refractivity contribution in [2.45, 2.75) is 25.7 Å². The molecule has 1 aliphatic heterocycles. The lowest BCUT2D eigenvalue weighted by atomic mass is 10.1. The summed E-state index contributed by atoms with van der Waals surface area (Å²) < 4.78 is 5.65. The molecule has 0 spiro atoms. The van der Waals surface area contributed by atoms with Crippen molar-refractivity contribution >= 4 is 17.3 Å². The molecule has 1 saturated heterocycles. The number of aliphatic hydroxyl groups is 1. The van der Waals surface area contributed by atoms with Crippen molar-refractivity contribution in [1.82, 2.24) is 5.32 Å². The number of morpholine rings is 1. The number of nitrogens with one attached hydrogen (secondary N) is 1. The van der Waals surface area contributed by atoms with Crippen LogP contribution >= 0.6 is 11.6 Å². The average molecular weight is 285 g/mol. The molecule has 0 bridgehead atoms. The van der Waals surface area contributed by atoms with Crippen LogP contribution in [-0.2, 0) is 11.3 Å². The van der Waals surface area contributed by atoms with Gasteiger partial charge >= 0.3 is 0 Å². The summed E-state index contributed by atoms with van der Waals surface area (Å²) in [6.07, 6.45) is -0.0128. The molecule has 1 heterocycles. The lowest BCUT2D eigenvalue weighted by molar-refractivity contribution is -0.0421. The molecule has 1 fully saturated rings. The third kappa shape index (κ3) is 3.60. The molecule has 1 aromatic rings. The molecule has 5 heteroatoms. The smallest absolute Gasteiger partial charge is 0.0984 e. The average Bonchev–Trinajstić information content (AvgIpc) is 2.40. The van der Waals surface area contributed by atoms with E-state index in [0.29, 0.717) is 6.54 Å². The number of hydrogen-bond donors (Lipinski definition) is 2. The third-order valence-corrected chi connectivity index (χ3v) is 3.65. The van der Waals surface area contributed by atoms with E-state index in [0.717, 1.165) is 29.4 Å². The van der Waals surface area contributed by atoms with Crippen molar-refractivity contribution in [1.29, 1.82) is 0 Å². The van der Waals surface area contributed by atoms with Gasteiger partial charge in [-0.1, -0.05) is 17.7 Å². The highest BCUT2D eigenvalue weighted by atomic mass is 35.5. The zero-order chi connectivity index (χ0) is 13.8. The molecule has 1 aromatic carbocycles. The molecule has 2 N–H and O–H groups in total. The van der Waals surface area contributed by atoms with Crippen LogP contribution in [-0.4, -0.2) is 44.1 Å². The van der Waals surface area contributed by atoms with E-state index < -0.39 is 0 Å². The number of halogens is 1. The monoisotopic (exact) mass is 284 g/mol. The Kier molecular flexibility index (Phi) is 5.05. The molecule has 2 unspecified atom stereocenters. The summed E-state index contributed by atoms with van der Waals surface area (Å²) in [5, 5.41) is 13.1. The maximum atomic E-state index is 9.26. The highest BCUT2D eigenvalue weighted by Gasteiger charge is 2.25. The van der Waals surface area contributed by atoms with Gasteiger partial charge < -0.3 is 20.1 Å². The quantitative estimate of drug-likeness (QED) is 0.882. The minimum atomic E-state index is -0.125. The van der Waals surface area contributed by atoms with E-state index >= 15 is 0 Å². The lowest BCUT2D eigenvalue weighted by Gasteiger charge is -2.37. The van der Waals surface area contributed by atoms with Crippen molar-refractivity contribution in [3.05, 3.63) is 28.8 Å². The van der Waals surface area contributed by atoms with Crippen molar-refractivity contribution in [2.24, 2.45) is 0 Å². The van der Waals surface area contributed by atoms with Gasteiger partial charge in [-0.25, -0.2) is 0 Å². The summed E-state index contributed by atoms with van der Waals surface area (Å²) in [6, 6.07) is 6.11. The molecule has 0 radical (unpaired) electrons. The normalized spacial score (nSPS) is 23.7. The summed E-state index contributed by atoms with van der Waals surface area (Å²) in [5.74, 6) is 0. The SMILES string of the molecule is CNCc1ccc(N2CC(C)OC(CO)C2)cc1Cl. The van der Waals surface area contributed by atoms with Gasteiger partial charge in [0.05, 0.1) is 18.8 Å². The van der Waals surface area contributed by atoms with Gasteiger partial charge in [-0.2, -0.15) is 0 Å². The fraction of sp³-hybridized carbons (Fsp3) is 0.571. The topological polar surface area (TPSA) is 44.7 Å². The predicted molar refractivity (Wildman–Crippen MR) is 77.8 cm³/mol. The third-order valence-electron chi connectivity index (χ3n) is 3.30. The van der Waals surface area contributed by atoms with Gasteiger partial charge in [0, 0.05) is 30.3 Å². The Morgan fingerprint density at radius 1 is 1.47 bits per heavy atom. The Morgan fingerprint density at radius 3 is 2.89 bits per heavy atom. The van der Waals surface area contributed by atoms with Crippen LogP contribution in [0.15, 0.2) is 18.2 Å². The van der Waals surface area contributed by atoms with Gasteiger partial charge in [-0.3, -0.25) is 0 Å². The summed E-state index contributed by atoms with van der Waals surface area (Å²) in [5.41, 5.74) is 2.17. The fourth-order valence-electron chi connectivity index (χ4n) is 2.42. The van der Waals surface area contributed by atoms with Gasteiger partial charge in [0.2, 0.25) is 0 Å². The Morgan fingerprint density at radius 2 is 2.26 bits per heavy atom. The molecule has 19 heavy (non-hydrogen) atoms. The maximum absolute atomic E-state index is 9.26. The maximum Gasteiger partial charge on any atom is 0.0984 e. The Labute approximate surface area is 119 Å². The van der Waals surface area contributed by atoms with Crippen LogP contribution in [0.3, 0.4) is 0 Å². The van der Waals surface area contributed by atoms with E-state index in [-0.39, 0.29) is 18.8 Å². The summed E-state index contributed by atoms with van der Waals surface area (Å²) >= 11 is 6.29. The molecule has 0 aliphatic carbocycles. The van der Waals surface area contributed by atoms with E-state index in [1.807, 2.05) is 26.1 Å². The first-order valence-corrected chi connectivity index (χ1v) is 6.96. The highest BCUT2D eigenvalue weighted by molar-refractivity contribution is 6.31. The van der Waals surface area contributed by atoms with Crippen LogP contribution in [0.4, 0.5) is 5.69 Å². The zero-order valence-corrected chi connectivity index (χ0v) is 12.2. The lowest BCUT2D eigenvalue weighted by Crippen LogP contribution is -2.48. The van der Waals surface area contributed by atoms with Gasteiger partial charge in [0.15, 0.2) is 0 Å². The Balaban J connectivity index is 2.14. The number of nitrogens with zero attached hydrogens (tertiary/aromatic N) is 1. The predicted octanol–water partition coefficient (Wildman–Crippen LogP) is 1.65. The largest absolute Gasteiger partial charge is 0.394 e. The van der Waals surface area contributed by atoms with Gasteiger partial charge in [0.25, 0.3) is 0 Å². The highest BCUT2D eigenvalue weighted by Crippen LogP contribution is 2.26. The minimum Gasteiger partial charge on any atom is -0.394 e. The van der Waals surface area contributed by atoms with Crippen LogP contribution in [0.1, 0.15) is 12.5 Å². The molecule has 0 saturated carbocycles. The molecular weight excluding hydrogens is 264 g/mol. The second-order valence-corrected chi connectivity index (χ2v) is 5.37. The number of rotatable bonds is 4. The van der Waals surface area contributed by atoms with E-state index in [1.165, 1.54) is 0 Å². The number of hydrogen-bond acceptors (Lipinski definition) is 4.